The fourth-order valence-corrected chi connectivity index (χ4v) is 1.97. The molecular formula is C13H24O2Si. The van der Waals surface area contributed by atoms with Crippen LogP contribution in [0.3, 0.4) is 0 Å². The Balaban J connectivity index is 4.34. The summed E-state index contributed by atoms with van der Waals surface area (Å²) in [4.78, 5) is 11.5. The first-order chi connectivity index (χ1) is 7.12. The van der Waals surface area contributed by atoms with Crippen molar-refractivity contribution >= 4 is 14.1 Å². The van der Waals surface area contributed by atoms with E-state index < -0.39 is 8.32 Å². The first kappa shape index (κ1) is 15.4. The molecule has 0 aliphatic carbocycles. The molecule has 0 aromatic carbocycles. The van der Waals surface area contributed by atoms with Crippen molar-refractivity contribution < 1.29 is 9.22 Å². The molecule has 0 amide bonds. The quantitative estimate of drug-likeness (QED) is 0.428. The van der Waals surface area contributed by atoms with E-state index in [0.717, 1.165) is 0 Å². The number of Topliss-reactive ketones (excluding diaryl/α,β-unsaturated/α-hetero) is 1. The van der Waals surface area contributed by atoms with Crippen LogP contribution in [0.5, 0.6) is 0 Å². The van der Waals surface area contributed by atoms with E-state index in [1.807, 2.05) is 6.92 Å². The van der Waals surface area contributed by atoms with Crippen molar-refractivity contribution in [3.8, 4) is 11.8 Å². The van der Waals surface area contributed by atoms with E-state index in [0.29, 0.717) is 6.61 Å². The van der Waals surface area contributed by atoms with Gasteiger partial charge in [0.25, 0.3) is 0 Å². The summed E-state index contributed by atoms with van der Waals surface area (Å²) < 4.78 is 5.97. The summed E-state index contributed by atoms with van der Waals surface area (Å²) in [6.45, 7) is 15.0. The largest absolute Gasteiger partial charge is 0.416 e. The summed E-state index contributed by atoms with van der Waals surface area (Å²) in [5.41, 5.74) is 0. The van der Waals surface area contributed by atoms with E-state index in [9.17, 15) is 4.79 Å². The van der Waals surface area contributed by atoms with Crippen LogP contribution < -0.4 is 0 Å². The molecule has 0 saturated heterocycles. The summed E-state index contributed by atoms with van der Waals surface area (Å²) in [5.74, 6) is 5.05. The molecule has 92 valence electrons. The molecule has 0 aliphatic rings. The Morgan fingerprint density at radius 3 is 2.25 bits per heavy atom. The average Bonchev–Trinajstić information content (AvgIpc) is 2.12. The van der Waals surface area contributed by atoms with Crippen molar-refractivity contribution in [3.63, 3.8) is 0 Å². The minimum Gasteiger partial charge on any atom is -0.416 e. The molecule has 3 heteroatoms. The van der Waals surface area contributed by atoms with E-state index in [-0.39, 0.29) is 16.7 Å². The van der Waals surface area contributed by atoms with Crippen LogP contribution in [0.1, 0.15) is 34.6 Å². The lowest BCUT2D eigenvalue weighted by Crippen LogP contribution is -2.42. The molecule has 0 saturated carbocycles. The van der Waals surface area contributed by atoms with Crippen LogP contribution in [0.4, 0.5) is 0 Å². The summed E-state index contributed by atoms with van der Waals surface area (Å²) in [7, 11) is -1.74. The fraction of sp³-hybridized carbons (Fsp3) is 0.769. The number of hydrogen-bond donors (Lipinski definition) is 0. The van der Waals surface area contributed by atoms with E-state index in [1.54, 1.807) is 6.92 Å². The van der Waals surface area contributed by atoms with Crippen LogP contribution >= 0.6 is 0 Å². The summed E-state index contributed by atoms with van der Waals surface area (Å²) in [6.07, 6.45) is 0. The summed E-state index contributed by atoms with van der Waals surface area (Å²) in [5, 5.41) is 0.187. The number of carbonyl (C=O) groups is 1. The van der Waals surface area contributed by atoms with Crippen LogP contribution in [0.25, 0.3) is 0 Å². The highest BCUT2D eigenvalue weighted by Gasteiger charge is 2.37. The highest BCUT2D eigenvalue weighted by atomic mass is 28.4. The van der Waals surface area contributed by atoms with Gasteiger partial charge in [-0.25, -0.2) is 0 Å². The van der Waals surface area contributed by atoms with Gasteiger partial charge < -0.3 is 4.43 Å². The first-order valence-corrected chi connectivity index (χ1v) is 8.63. The van der Waals surface area contributed by atoms with Gasteiger partial charge in [-0.05, 0) is 31.0 Å². The molecule has 0 spiro atoms. The molecule has 0 bridgehead atoms. The van der Waals surface area contributed by atoms with Crippen LogP contribution in [0, 0.1) is 17.8 Å². The Morgan fingerprint density at radius 1 is 1.38 bits per heavy atom. The molecule has 1 atom stereocenters. The van der Waals surface area contributed by atoms with Crippen LogP contribution in [0.15, 0.2) is 0 Å². The van der Waals surface area contributed by atoms with Crippen molar-refractivity contribution in [2.24, 2.45) is 5.92 Å². The molecule has 16 heavy (non-hydrogen) atoms. The topological polar surface area (TPSA) is 26.3 Å². The minimum atomic E-state index is -1.74. The molecule has 1 unspecified atom stereocenters. The minimum absolute atomic E-state index is 0.0267. The van der Waals surface area contributed by atoms with E-state index >= 15 is 0 Å². The van der Waals surface area contributed by atoms with Gasteiger partial charge in [0.1, 0.15) is 0 Å². The lowest BCUT2D eigenvalue weighted by atomic mass is 10.1. The second-order valence-electron chi connectivity index (χ2n) is 5.71. The second-order valence-corrected chi connectivity index (χ2v) is 10.5. The standard InChI is InChI=1S/C13H24O2Si/c1-8-9-12(14)11(2)10-15-16(6,7)13(3,4)5/h11H,10H2,1-7H3. The predicted molar refractivity (Wildman–Crippen MR) is 70.8 cm³/mol. The molecule has 0 radical (unpaired) electrons. The van der Waals surface area contributed by atoms with Gasteiger partial charge in [0, 0.05) is 12.5 Å². The van der Waals surface area contributed by atoms with Crippen LogP contribution in [0.2, 0.25) is 18.1 Å². The van der Waals surface area contributed by atoms with Gasteiger partial charge in [-0.3, -0.25) is 4.79 Å². The van der Waals surface area contributed by atoms with E-state index in [1.165, 1.54) is 0 Å². The van der Waals surface area contributed by atoms with Gasteiger partial charge in [0.15, 0.2) is 8.32 Å². The number of carbonyl (C=O) groups excluding carboxylic acids is 1. The summed E-state index contributed by atoms with van der Waals surface area (Å²) in [6, 6.07) is 0. The fourth-order valence-electron chi connectivity index (χ4n) is 0.872. The monoisotopic (exact) mass is 240 g/mol. The lowest BCUT2D eigenvalue weighted by molar-refractivity contribution is -0.117. The van der Waals surface area contributed by atoms with E-state index in [2.05, 4.69) is 45.7 Å². The predicted octanol–water partition coefficient (Wildman–Crippen LogP) is 3.24. The van der Waals surface area contributed by atoms with Gasteiger partial charge in [-0.15, -0.1) is 0 Å². The maximum Gasteiger partial charge on any atom is 0.210 e. The van der Waals surface area contributed by atoms with Gasteiger partial charge in [0.05, 0.1) is 0 Å². The molecule has 0 rings (SSSR count). The second kappa shape index (κ2) is 5.65. The Kier molecular flexibility index (Phi) is 5.44. The van der Waals surface area contributed by atoms with Crippen LogP contribution in [-0.4, -0.2) is 20.7 Å². The smallest absolute Gasteiger partial charge is 0.210 e. The van der Waals surface area contributed by atoms with E-state index in [4.69, 9.17) is 4.43 Å². The zero-order chi connectivity index (χ0) is 13.0. The molecule has 0 aliphatic heterocycles. The Hall–Kier alpha value is -0.593. The molecule has 0 aromatic heterocycles. The molecule has 2 nitrogen and oxygen atoms in total. The van der Waals surface area contributed by atoms with Crippen molar-refractivity contribution in [2.45, 2.75) is 52.8 Å². The first-order valence-electron chi connectivity index (χ1n) is 5.72. The highest BCUT2D eigenvalue weighted by molar-refractivity contribution is 6.74. The molecule has 0 N–H and O–H groups in total. The zero-order valence-corrected chi connectivity index (χ0v) is 12.6. The third kappa shape index (κ3) is 4.50. The third-order valence-corrected chi connectivity index (χ3v) is 7.70. The Bertz CT molecular complexity index is 302. The SMILES string of the molecule is CC#CC(=O)C(C)CO[Si](C)(C)C(C)(C)C. The maximum absolute atomic E-state index is 11.5. The molecule has 0 fully saturated rings. The zero-order valence-electron chi connectivity index (χ0n) is 11.6. The highest BCUT2D eigenvalue weighted by Crippen LogP contribution is 2.36. The number of hydrogen-bond acceptors (Lipinski definition) is 2. The maximum atomic E-state index is 11.5. The van der Waals surface area contributed by atoms with Crippen molar-refractivity contribution in [1.29, 1.82) is 0 Å². The molecule has 0 aromatic rings. The van der Waals surface area contributed by atoms with Crippen molar-refractivity contribution in [1.82, 2.24) is 0 Å². The normalized spacial score (nSPS) is 13.9. The number of rotatable bonds is 4. The van der Waals surface area contributed by atoms with Gasteiger partial charge in [-0.2, -0.15) is 0 Å². The van der Waals surface area contributed by atoms with Gasteiger partial charge >= 0.3 is 0 Å². The Morgan fingerprint density at radius 2 is 1.88 bits per heavy atom. The molecule has 0 heterocycles. The van der Waals surface area contributed by atoms with Crippen molar-refractivity contribution in [3.05, 3.63) is 0 Å². The van der Waals surface area contributed by atoms with Crippen LogP contribution in [-0.2, 0) is 9.22 Å². The lowest BCUT2D eigenvalue weighted by Gasteiger charge is -2.36. The number of ketones is 1. The van der Waals surface area contributed by atoms with Gasteiger partial charge in [0.2, 0.25) is 5.78 Å². The van der Waals surface area contributed by atoms with Gasteiger partial charge in [-0.1, -0.05) is 33.6 Å². The molecular weight excluding hydrogens is 216 g/mol. The Labute approximate surface area is 101 Å². The summed E-state index contributed by atoms with van der Waals surface area (Å²) >= 11 is 0. The average molecular weight is 240 g/mol. The van der Waals surface area contributed by atoms with Crippen molar-refractivity contribution in [2.75, 3.05) is 6.61 Å². The third-order valence-electron chi connectivity index (χ3n) is 3.20.